The Morgan fingerprint density at radius 2 is 1.00 bits per heavy atom. The molecule has 0 unspecified atom stereocenters. The molecule has 1 fully saturated rings. The number of rotatable bonds is 6. The Bertz CT molecular complexity index is 745. The summed E-state index contributed by atoms with van der Waals surface area (Å²) < 4.78 is 4.89. The Hall–Kier alpha value is -1.89. The maximum absolute atomic E-state index is 12.4. The fraction of sp³-hybridized carbons (Fsp3) is 0.688. The van der Waals surface area contributed by atoms with E-state index in [2.05, 4.69) is 0 Å². The summed E-state index contributed by atoms with van der Waals surface area (Å²) in [6, 6.07) is 0. The molecule has 0 spiro atoms. The molecule has 0 amide bonds. The quantitative estimate of drug-likeness (QED) is 0.303. The van der Waals surface area contributed by atoms with Gasteiger partial charge in [-0.1, -0.05) is 0 Å². The Morgan fingerprint density at radius 1 is 0.630 bits per heavy atom. The molecular weight excluding hydrogens is 368 g/mol. The molecule has 11 nitrogen and oxygen atoms in total. The van der Waals surface area contributed by atoms with Crippen LogP contribution < -0.4 is 0 Å². The highest BCUT2D eigenvalue weighted by atomic mass is 16.7. The van der Waals surface area contributed by atoms with Crippen molar-refractivity contribution >= 4 is 28.9 Å². The van der Waals surface area contributed by atoms with E-state index in [1.807, 2.05) is 0 Å². The molecule has 152 valence electrons. The van der Waals surface area contributed by atoms with Crippen LogP contribution in [0.15, 0.2) is 0 Å². The van der Waals surface area contributed by atoms with Crippen molar-refractivity contribution in [3.8, 4) is 0 Å². The third-order valence-corrected chi connectivity index (χ3v) is 5.24. The molecule has 1 heterocycles. The van der Waals surface area contributed by atoms with E-state index >= 15 is 0 Å². The van der Waals surface area contributed by atoms with E-state index in [0.717, 1.165) is 0 Å². The van der Waals surface area contributed by atoms with Gasteiger partial charge in [-0.15, -0.1) is 0 Å². The first-order chi connectivity index (χ1) is 12.0. The van der Waals surface area contributed by atoms with Gasteiger partial charge in [0.05, 0.1) is 6.61 Å². The van der Waals surface area contributed by atoms with Gasteiger partial charge < -0.3 is 30.3 Å². The van der Waals surface area contributed by atoms with Crippen LogP contribution in [0, 0.1) is 0 Å². The number of hydrogen-bond acceptors (Lipinski definition) is 11. The van der Waals surface area contributed by atoms with Gasteiger partial charge in [0.1, 0.15) is 0 Å². The Morgan fingerprint density at radius 3 is 1.22 bits per heavy atom. The maximum atomic E-state index is 12.4. The summed E-state index contributed by atoms with van der Waals surface area (Å²) in [5.74, 6) is -11.5. The second kappa shape index (κ2) is 6.33. The third kappa shape index (κ3) is 2.21. The second-order valence-electron chi connectivity index (χ2n) is 6.64. The van der Waals surface area contributed by atoms with Gasteiger partial charge in [0.15, 0.2) is 34.5 Å². The molecule has 0 aromatic rings. The minimum atomic E-state index is -3.94. The van der Waals surface area contributed by atoms with Crippen molar-refractivity contribution in [3.63, 3.8) is 0 Å². The molecule has 0 aliphatic carbocycles. The number of Topliss-reactive ketones (excluding diaryl/α,β-unsaturated/α-hetero) is 5. The van der Waals surface area contributed by atoms with Crippen molar-refractivity contribution in [3.05, 3.63) is 0 Å². The normalized spacial score (nSPS) is 41.7. The van der Waals surface area contributed by atoms with Crippen LogP contribution in [-0.4, -0.2) is 89.2 Å². The number of carbonyl (C=O) groups excluding carboxylic acids is 5. The summed E-state index contributed by atoms with van der Waals surface area (Å²) in [5.41, 5.74) is -14.8. The molecule has 1 aliphatic heterocycles. The molecule has 27 heavy (non-hydrogen) atoms. The lowest BCUT2D eigenvalue weighted by Crippen LogP contribution is -2.94. The molecule has 11 heteroatoms. The first kappa shape index (κ1) is 23.1. The van der Waals surface area contributed by atoms with Gasteiger partial charge in [-0.25, -0.2) is 0 Å². The van der Waals surface area contributed by atoms with E-state index in [0.29, 0.717) is 34.6 Å². The molecule has 0 saturated carbocycles. The number of ether oxygens (including phenoxy) is 1. The fourth-order valence-corrected chi connectivity index (χ4v) is 3.65. The number of ketones is 5. The standard InChI is InChI=1S/C16H22O11/c1-7(18)12(6-17)13(23,8(2)19)14(24,9(3)20)15(25,10(4)21)16(26,27-12)11(5)22/h17,23-26H,6H2,1-5H3/t12-,13+,14-,15+,16-/m0/s1. The SMILES string of the molecule is CC(=O)[C@@]1(O)[C@](O)(C(C)=O)[C@](O)(C(C)=O)O[C@@](CO)(C(C)=O)[C@]1(O)C(C)=O. The van der Waals surface area contributed by atoms with Crippen LogP contribution >= 0.6 is 0 Å². The van der Waals surface area contributed by atoms with Crippen molar-refractivity contribution < 1.29 is 54.2 Å². The summed E-state index contributed by atoms with van der Waals surface area (Å²) in [6.07, 6.45) is 0. The number of aliphatic hydroxyl groups excluding tert-OH is 1. The Labute approximate surface area is 153 Å². The van der Waals surface area contributed by atoms with Gasteiger partial charge in [-0.05, 0) is 27.7 Å². The fourth-order valence-electron chi connectivity index (χ4n) is 3.65. The number of hydrogen-bond donors (Lipinski definition) is 5. The first-order valence-corrected chi connectivity index (χ1v) is 7.74. The topological polar surface area (TPSA) is 196 Å². The summed E-state index contributed by atoms with van der Waals surface area (Å²) in [6.45, 7) is 1.33. The van der Waals surface area contributed by atoms with E-state index < -0.39 is 63.7 Å². The number of carbonyl (C=O) groups is 5. The minimum absolute atomic E-state index is 0.538. The first-order valence-electron chi connectivity index (χ1n) is 7.74. The van der Waals surface area contributed by atoms with E-state index in [9.17, 15) is 49.5 Å². The predicted molar refractivity (Wildman–Crippen MR) is 84.1 cm³/mol. The molecule has 1 saturated heterocycles. The summed E-state index contributed by atoms with van der Waals surface area (Å²) in [4.78, 5) is 61.2. The van der Waals surface area contributed by atoms with Gasteiger partial charge in [0.2, 0.25) is 16.8 Å². The molecule has 0 bridgehead atoms. The molecule has 0 aromatic carbocycles. The minimum Gasteiger partial charge on any atom is -0.393 e. The molecular formula is C16H22O11. The molecule has 5 N–H and O–H groups in total. The van der Waals surface area contributed by atoms with E-state index in [-0.39, 0.29) is 0 Å². The monoisotopic (exact) mass is 390 g/mol. The Kier molecular flexibility index (Phi) is 5.43. The van der Waals surface area contributed by atoms with Gasteiger partial charge in [0.25, 0.3) is 5.79 Å². The summed E-state index contributed by atoms with van der Waals surface area (Å²) in [5, 5.41) is 53.5. The van der Waals surface area contributed by atoms with Gasteiger partial charge >= 0.3 is 0 Å². The van der Waals surface area contributed by atoms with Crippen LogP contribution in [0.25, 0.3) is 0 Å². The Balaban J connectivity index is 4.36. The second-order valence-corrected chi connectivity index (χ2v) is 6.64. The molecule has 5 atom stereocenters. The van der Waals surface area contributed by atoms with Gasteiger partial charge in [-0.2, -0.15) is 0 Å². The van der Waals surface area contributed by atoms with Crippen LogP contribution in [-0.2, 0) is 28.7 Å². The third-order valence-electron chi connectivity index (χ3n) is 5.24. The molecule has 0 radical (unpaired) electrons. The summed E-state index contributed by atoms with van der Waals surface area (Å²) in [7, 11) is 0. The van der Waals surface area contributed by atoms with Crippen molar-refractivity contribution in [2.24, 2.45) is 0 Å². The summed E-state index contributed by atoms with van der Waals surface area (Å²) >= 11 is 0. The number of aliphatic hydroxyl groups is 5. The van der Waals surface area contributed by atoms with E-state index in [1.54, 1.807) is 0 Å². The van der Waals surface area contributed by atoms with Crippen LogP contribution in [0.1, 0.15) is 34.6 Å². The zero-order valence-corrected chi connectivity index (χ0v) is 15.4. The largest absolute Gasteiger partial charge is 0.393 e. The highest BCUT2D eigenvalue weighted by molar-refractivity contribution is 6.12. The van der Waals surface area contributed by atoms with Crippen molar-refractivity contribution in [1.82, 2.24) is 0 Å². The molecule has 0 aromatic heterocycles. The smallest absolute Gasteiger partial charge is 0.268 e. The van der Waals surface area contributed by atoms with Crippen LogP contribution in [0.5, 0.6) is 0 Å². The van der Waals surface area contributed by atoms with Crippen LogP contribution in [0.3, 0.4) is 0 Å². The van der Waals surface area contributed by atoms with Crippen molar-refractivity contribution in [2.75, 3.05) is 6.61 Å². The lowest BCUT2D eigenvalue weighted by Gasteiger charge is -2.63. The predicted octanol–water partition coefficient (Wildman–Crippen LogP) is -3.43. The molecule has 1 rings (SSSR count). The zero-order chi connectivity index (χ0) is 21.8. The highest BCUT2D eigenvalue weighted by Gasteiger charge is 2.88. The highest BCUT2D eigenvalue weighted by Crippen LogP contribution is 2.54. The lowest BCUT2D eigenvalue weighted by atomic mass is 9.53. The van der Waals surface area contributed by atoms with Crippen LogP contribution in [0.4, 0.5) is 0 Å². The average Bonchev–Trinajstić information content (AvgIpc) is 2.54. The van der Waals surface area contributed by atoms with Gasteiger partial charge in [-0.3, -0.25) is 24.0 Å². The van der Waals surface area contributed by atoms with Crippen molar-refractivity contribution in [1.29, 1.82) is 0 Å². The maximum Gasteiger partial charge on any atom is 0.268 e. The lowest BCUT2D eigenvalue weighted by molar-refractivity contribution is -0.409. The zero-order valence-electron chi connectivity index (χ0n) is 15.4. The molecule has 1 aliphatic rings. The van der Waals surface area contributed by atoms with Crippen molar-refractivity contribution in [2.45, 2.75) is 62.8 Å². The average molecular weight is 390 g/mol. The van der Waals surface area contributed by atoms with E-state index in [4.69, 9.17) is 4.74 Å². The van der Waals surface area contributed by atoms with Crippen LogP contribution in [0.2, 0.25) is 0 Å². The van der Waals surface area contributed by atoms with E-state index in [1.165, 1.54) is 0 Å². The van der Waals surface area contributed by atoms with Gasteiger partial charge in [0, 0.05) is 6.92 Å².